The number of rotatable bonds is 5. The molecule has 5 nitrogen and oxygen atoms in total. The van der Waals surface area contributed by atoms with Gasteiger partial charge >= 0.3 is 0 Å². The summed E-state index contributed by atoms with van der Waals surface area (Å²) < 4.78 is 0. The number of amides is 1. The lowest BCUT2D eigenvalue weighted by Crippen LogP contribution is -2.22. The van der Waals surface area contributed by atoms with Crippen molar-refractivity contribution in [1.82, 2.24) is 4.98 Å². The van der Waals surface area contributed by atoms with Crippen LogP contribution in [-0.2, 0) is 10.2 Å². The van der Waals surface area contributed by atoms with Crippen molar-refractivity contribution in [2.24, 2.45) is 10.7 Å². The maximum absolute atomic E-state index is 12.4. The summed E-state index contributed by atoms with van der Waals surface area (Å²) in [6.07, 6.45) is 8.26. The van der Waals surface area contributed by atoms with Gasteiger partial charge in [-0.1, -0.05) is 24.3 Å². The van der Waals surface area contributed by atoms with Crippen LogP contribution in [0.15, 0.2) is 72.1 Å². The molecule has 3 N–H and O–H groups in total. The fraction of sp³-hybridized carbons (Fsp3) is 0.167. The SMILES string of the molecule is NC(/C=C\Nc1ccccc1)=NC(=O)C1(c2cccnc2)CC1. The number of aromatic nitrogens is 1. The zero-order chi connectivity index (χ0) is 16.1. The van der Waals surface area contributed by atoms with Crippen molar-refractivity contribution in [2.75, 3.05) is 5.32 Å². The van der Waals surface area contributed by atoms with Gasteiger partial charge < -0.3 is 11.1 Å². The van der Waals surface area contributed by atoms with Crippen molar-refractivity contribution < 1.29 is 4.79 Å². The number of anilines is 1. The Kier molecular flexibility index (Phi) is 4.19. The lowest BCUT2D eigenvalue weighted by Gasteiger charge is -2.10. The van der Waals surface area contributed by atoms with E-state index in [0.717, 1.165) is 24.1 Å². The molecular formula is C18H18N4O. The van der Waals surface area contributed by atoms with E-state index >= 15 is 0 Å². The molecule has 116 valence electrons. The highest BCUT2D eigenvalue weighted by Crippen LogP contribution is 2.48. The number of aliphatic imine (C=N–C) groups is 1. The van der Waals surface area contributed by atoms with Crippen molar-refractivity contribution in [3.05, 3.63) is 72.7 Å². The minimum absolute atomic E-state index is 0.189. The molecule has 0 aliphatic heterocycles. The molecule has 1 amide bonds. The number of pyridine rings is 1. The van der Waals surface area contributed by atoms with Crippen LogP contribution in [0.4, 0.5) is 5.69 Å². The smallest absolute Gasteiger partial charge is 0.258 e. The van der Waals surface area contributed by atoms with Gasteiger partial charge in [-0.05, 0) is 42.7 Å². The Morgan fingerprint density at radius 1 is 1.22 bits per heavy atom. The standard InChI is InChI=1S/C18H18N4O/c19-16(8-12-21-15-6-2-1-3-7-15)22-17(23)18(9-10-18)14-5-4-11-20-13-14/h1-8,11-13,21H,9-10H2,(H2,19,22,23)/b12-8-. The lowest BCUT2D eigenvalue weighted by atomic mass is 9.97. The van der Waals surface area contributed by atoms with E-state index in [1.54, 1.807) is 24.7 Å². The molecule has 0 bridgehead atoms. The van der Waals surface area contributed by atoms with Gasteiger partial charge in [0.2, 0.25) is 0 Å². The van der Waals surface area contributed by atoms with E-state index in [1.165, 1.54) is 0 Å². The lowest BCUT2D eigenvalue weighted by molar-refractivity contribution is -0.120. The minimum atomic E-state index is -0.528. The average Bonchev–Trinajstić information content (AvgIpc) is 3.38. The molecule has 0 atom stereocenters. The van der Waals surface area contributed by atoms with Crippen LogP contribution >= 0.6 is 0 Å². The molecule has 1 heterocycles. The van der Waals surface area contributed by atoms with Crippen LogP contribution < -0.4 is 11.1 Å². The number of benzene rings is 1. The fourth-order valence-corrected chi connectivity index (χ4v) is 2.42. The van der Waals surface area contributed by atoms with Gasteiger partial charge in [0.05, 0.1) is 5.41 Å². The first-order chi connectivity index (χ1) is 11.2. The van der Waals surface area contributed by atoms with E-state index < -0.39 is 5.41 Å². The Morgan fingerprint density at radius 2 is 2.00 bits per heavy atom. The quantitative estimate of drug-likeness (QED) is 0.657. The molecule has 2 aromatic rings. The van der Waals surface area contributed by atoms with Crippen molar-refractivity contribution in [3.8, 4) is 0 Å². The van der Waals surface area contributed by atoms with Crippen LogP contribution in [0.25, 0.3) is 0 Å². The molecule has 0 radical (unpaired) electrons. The number of hydrogen-bond donors (Lipinski definition) is 2. The first kappa shape index (κ1) is 15.0. The van der Waals surface area contributed by atoms with Crippen molar-refractivity contribution in [3.63, 3.8) is 0 Å². The summed E-state index contributed by atoms with van der Waals surface area (Å²) in [6.45, 7) is 0. The third kappa shape index (κ3) is 3.45. The number of amidine groups is 1. The molecule has 1 aliphatic carbocycles. The van der Waals surface area contributed by atoms with Crippen LogP contribution in [0.5, 0.6) is 0 Å². The molecule has 1 fully saturated rings. The van der Waals surface area contributed by atoms with E-state index in [9.17, 15) is 4.79 Å². The summed E-state index contributed by atoms with van der Waals surface area (Å²) in [6, 6.07) is 13.4. The van der Waals surface area contributed by atoms with Crippen LogP contribution in [-0.4, -0.2) is 16.7 Å². The predicted octanol–water partition coefficient (Wildman–Crippen LogP) is 2.62. The largest absolute Gasteiger partial charge is 0.384 e. The number of hydrogen-bond acceptors (Lipinski definition) is 3. The number of carbonyl (C=O) groups excluding carboxylic acids is 1. The molecule has 1 aromatic heterocycles. The molecule has 1 aromatic carbocycles. The monoisotopic (exact) mass is 306 g/mol. The number of para-hydroxylation sites is 1. The zero-order valence-corrected chi connectivity index (χ0v) is 12.6. The van der Waals surface area contributed by atoms with E-state index in [4.69, 9.17) is 5.73 Å². The summed E-state index contributed by atoms with van der Waals surface area (Å²) in [5.41, 5.74) is 7.15. The zero-order valence-electron chi connectivity index (χ0n) is 12.6. The van der Waals surface area contributed by atoms with Gasteiger partial charge in [0, 0.05) is 24.3 Å². The summed E-state index contributed by atoms with van der Waals surface area (Å²) in [5, 5.41) is 3.07. The van der Waals surface area contributed by atoms with Gasteiger partial charge in [-0.25, -0.2) is 0 Å². The third-order valence-electron chi connectivity index (χ3n) is 3.88. The first-order valence-electron chi connectivity index (χ1n) is 7.48. The highest BCUT2D eigenvalue weighted by atomic mass is 16.1. The number of nitrogens with zero attached hydrogens (tertiary/aromatic N) is 2. The van der Waals surface area contributed by atoms with Gasteiger partial charge in [-0.15, -0.1) is 0 Å². The molecule has 23 heavy (non-hydrogen) atoms. The second kappa shape index (κ2) is 6.44. The highest BCUT2D eigenvalue weighted by Gasteiger charge is 2.51. The number of nitrogens with two attached hydrogens (primary N) is 1. The molecular weight excluding hydrogens is 288 g/mol. The maximum atomic E-state index is 12.4. The van der Waals surface area contributed by atoms with Gasteiger partial charge in [0.15, 0.2) is 0 Å². The van der Waals surface area contributed by atoms with Crippen molar-refractivity contribution >= 4 is 17.4 Å². The Balaban J connectivity index is 1.65. The molecule has 1 aliphatic rings. The van der Waals surface area contributed by atoms with Crippen molar-refractivity contribution in [1.29, 1.82) is 0 Å². The van der Waals surface area contributed by atoms with E-state index in [2.05, 4.69) is 15.3 Å². The van der Waals surface area contributed by atoms with Crippen LogP contribution in [0.1, 0.15) is 18.4 Å². The van der Waals surface area contributed by atoms with Crippen LogP contribution in [0.3, 0.4) is 0 Å². The van der Waals surface area contributed by atoms with E-state index in [0.29, 0.717) is 0 Å². The second-order valence-electron chi connectivity index (χ2n) is 5.51. The van der Waals surface area contributed by atoms with Gasteiger partial charge in [0.25, 0.3) is 5.91 Å². The van der Waals surface area contributed by atoms with Gasteiger partial charge in [-0.2, -0.15) is 4.99 Å². The average molecular weight is 306 g/mol. The van der Waals surface area contributed by atoms with Gasteiger partial charge in [-0.3, -0.25) is 9.78 Å². The third-order valence-corrected chi connectivity index (χ3v) is 3.88. The summed E-state index contributed by atoms with van der Waals surface area (Å²) in [4.78, 5) is 20.5. The predicted molar refractivity (Wildman–Crippen MR) is 91.0 cm³/mol. The molecule has 1 saturated carbocycles. The summed E-state index contributed by atoms with van der Waals surface area (Å²) >= 11 is 0. The van der Waals surface area contributed by atoms with E-state index in [-0.39, 0.29) is 11.7 Å². The van der Waals surface area contributed by atoms with E-state index in [1.807, 2.05) is 42.5 Å². The Hall–Kier alpha value is -2.95. The molecule has 0 spiro atoms. The molecule has 0 unspecified atom stereocenters. The van der Waals surface area contributed by atoms with Crippen molar-refractivity contribution in [2.45, 2.75) is 18.3 Å². The Labute approximate surface area is 135 Å². The molecule has 0 saturated heterocycles. The first-order valence-corrected chi connectivity index (χ1v) is 7.48. The number of carbonyl (C=O) groups is 1. The Morgan fingerprint density at radius 3 is 2.65 bits per heavy atom. The normalized spacial score (nSPS) is 16.3. The topological polar surface area (TPSA) is 80.4 Å². The fourth-order valence-electron chi connectivity index (χ4n) is 2.42. The molecule has 3 rings (SSSR count). The van der Waals surface area contributed by atoms with Crippen LogP contribution in [0.2, 0.25) is 0 Å². The van der Waals surface area contributed by atoms with Gasteiger partial charge in [0.1, 0.15) is 5.84 Å². The van der Waals surface area contributed by atoms with Crippen LogP contribution in [0, 0.1) is 0 Å². The highest BCUT2D eigenvalue weighted by molar-refractivity contribution is 6.04. The second-order valence-corrected chi connectivity index (χ2v) is 5.51. The Bertz CT molecular complexity index is 734. The molecule has 5 heteroatoms. The summed E-state index contributed by atoms with van der Waals surface area (Å²) in [5.74, 6) is -0.0130. The maximum Gasteiger partial charge on any atom is 0.258 e. The number of nitrogens with one attached hydrogen (secondary N) is 1. The summed E-state index contributed by atoms with van der Waals surface area (Å²) in [7, 11) is 0. The minimum Gasteiger partial charge on any atom is -0.384 e.